The summed E-state index contributed by atoms with van der Waals surface area (Å²) >= 11 is 0. The normalized spacial score (nSPS) is 10.5. The van der Waals surface area contributed by atoms with Crippen LogP contribution in [-0.4, -0.2) is 26.5 Å². The van der Waals surface area contributed by atoms with Crippen LogP contribution in [0.1, 0.15) is 39.0 Å². The molecule has 2 N–H and O–H groups in total. The molecule has 0 aromatic carbocycles. The standard InChI is InChI=1S/C13H16N4O2/c1-8-11(6-15-16-8)5-14-13(19)12-4-10(9(2)18)7-17(12)3/h4,6-7H,5H2,1-3H3,(H,14,19)(H,15,16). The highest BCUT2D eigenvalue weighted by molar-refractivity contribution is 5.99. The fourth-order valence-corrected chi connectivity index (χ4v) is 1.80. The predicted molar refractivity (Wildman–Crippen MR) is 69.9 cm³/mol. The van der Waals surface area contributed by atoms with Crippen molar-refractivity contribution in [3.63, 3.8) is 0 Å². The number of amides is 1. The number of carbonyl (C=O) groups is 2. The Labute approximate surface area is 110 Å². The van der Waals surface area contributed by atoms with Crippen molar-refractivity contribution in [2.45, 2.75) is 20.4 Å². The minimum atomic E-state index is -0.212. The molecule has 0 fully saturated rings. The van der Waals surface area contributed by atoms with Crippen molar-refractivity contribution < 1.29 is 9.59 Å². The molecule has 2 aromatic heterocycles. The van der Waals surface area contributed by atoms with Gasteiger partial charge in [-0.15, -0.1) is 0 Å². The molecule has 100 valence electrons. The van der Waals surface area contributed by atoms with Crippen LogP contribution in [0.2, 0.25) is 0 Å². The molecule has 1 amide bonds. The maximum Gasteiger partial charge on any atom is 0.268 e. The van der Waals surface area contributed by atoms with E-state index in [4.69, 9.17) is 0 Å². The Morgan fingerprint density at radius 2 is 2.21 bits per heavy atom. The van der Waals surface area contributed by atoms with E-state index in [-0.39, 0.29) is 11.7 Å². The first-order chi connectivity index (χ1) is 8.99. The van der Waals surface area contributed by atoms with Crippen LogP contribution in [0.5, 0.6) is 0 Å². The van der Waals surface area contributed by atoms with Gasteiger partial charge in [-0.05, 0) is 19.9 Å². The van der Waals surface area contributed by atoms with Crippen LogP contribution >= 0.6 is 0 Å². The first kappa shape index (κ1) is 13.1. The topological polar surface area (TPSA) is 79.8 Å². The number of hydrogen-bond donors (Lipinski definition) is 2. The van der Waals surface area contributed by atoms with E-state index in [9.17, 15) is 9.59 Å². The second-order valence-corrected chi connectivity index (χ2v) is 4.48. The lowest BCUT2D eigenvalue weighted by molar-refractivity contribution is 0.0942. The van der Waals surface area contributed by atoms with Crippen molar-refractivity contribution in [3.8, 4) is 0 Å². The van der Waals surface area contributed by atoms with Crippen LogP contribution < -0.4 is 5.32 Å². The Hall–Kier alpha value is -2.37. The highest BCUT2D eigenvalue weighted by Crippen LogP contribution is 2.09. The summed E-state index contributed by atoms with van der Waals surface area (Å²) in [5.41, 5.74) is 2.87. The number of hydrogen-bond acceptors (Lipinski definition) is 3. The van der Waals surface area contributed by atoms with Crippen LogP contribution in [-0.2, 0) is 13.6 Å². The lowest BCUT2D eigenvalue weighted by Crippen LogP contribution is -2.24. The quantitative estimate of drug-likeness (QED) is 0.810. The van der Waals surface area contributed by atoms with Gasteiger partial charge < -0.3 is 9.88 Å². The van der Waals surface area contributed by atoms with Crippen molar-refractivity contribution in [1.29, 1.82) is 0 Å². The first-order valence-corrected chi connectivity index (χ1v) is 5.93. The molecule has 0 bridgehead atoms. The Morgan fingerprint density at radius 3 is 2.74 bits per heavy atom. The number of H-pyrrole nitrogens is 1. The van der Waals surface area contributed by atoms with Gasteiger partial charge in [-0.25, -0.2) is 0 Å². The van der Waals surface area contributed by atoms with E-state index in [0.29, 0.717) is 17.8 Å². The van der Waals surface area contributed by atoms with Gasteiger partial charge in [-0.2, -0.15) is 5.10 Å². The van der Waals surface area contributed by atoms with Gasteiger partial charge in [0.25, 0.3) is 5.91 Å². The van der Waals surface area contributed by atoms with Gasteiger partial charge in [0, 0.05) is 36.6 Å². The molecule has 0 saturated carbocycles. The van der Waals surface area contributed by atoms with Gasteiger partial charge in [0.1, 0.15) is 5.69 Å². The average Bonchev–Trinajstić information content (AvgIpc) is 2.93. The van der Waals surface area contributed by atoms with E-state index >= 15 is 0 Å². The van der Waals surface area contributed by atoms with Crippen LogP contribution in [0.3, 0.4) is 0 Å². The van der Waals surface area contributed by atoms with E-state index in [1.165, 1.54) is 6.92 Å². The van der Waals surface area contributed by atoms with Gasteiger partial charge in [0.2, 0.25) is 0 Å². The molecule has 0 aliphatic heterocycles. The summed E-state index contributed by atoms with van der Waals surface area (Å²) in [5, 5.41) is 9.51. The SMILES string of the molecule is CC(=O)c1cc(C(=O)NCc2cn[nH]c2C)n(C)c1. The van der Waals surface area contributed by atoms with E-state index in [1.807, 2.05) is 6.92 Å². The zero-order chi connectivity index (χ0) is 14.0. The fraction of sp³-hybridized carbons (Fsp3) is 0.308. The predicted octanol–water partition coefficient (Wildman–Crippen LogP) is 1.19. The minimum Gasteiger partial charge on any atom is -0.347 e. The number of nitrogens with zero attached hydrogens (tertiary/aromatic N) is 2. The lowest BCUT2D eigenvalue weighted by atomic mass is 10.2. The number of ketones is 1. The first-order valence-electron chi connectivity index (χ1n) is 5.93. The molecule has 0 aliphatic rings. The summed E-state index contributed by atoms with van der Waals surface area (Å²) in [4.78, 5) is 23.3. The molecular weight excluding hydrogens is 244 g/mol. The largest absolute Gasteiger partial charge is 0.347 e. The average molecular weight is 260 g/mol. The molecule has 19 heavy (non-hydrogen) atoms. The van der Waals surface area contributed by atoms with Gasteiger partial charge in [0.15, 0.2) is 5.78 Å². The number of rotatable bonds is 4. The van der Waals surface area contributed by atoms with Gasteiger partial charge in [0.05, 0.1) is 6.20 Å². The fourth-order valence-electron chi connectivity index (χ4n) is 1.80. The van der Waals surface area contributed by atoms with Crippen molar-refractivity contribution in [1.82, 2.24) is 20.1 Å². The number of aromatic nitrogens is 3. The summed E-state index contributed by atoms with van der Waals surface area (Å²) in [7, 11) is 1.74. The number of carbonyl (C=O) groups excluding carboxylic acids is 2. The summed E-state index contributed by atoms with van der Waals surface area (Å²) in [5.74, 6) is -0.268. The zero-order valence-electron chi connectivity index (χ0n) is 11.2. The van der Waals surface area contributed by atoms with Crippen molar-refractivity contribution in [3.05, 3.63) is 41.0 Å². The third-order valence-corrected chi connectivity index (χ3v) is 3.02. The zero-order valence-corrected chi connectivity index (χ0v) is 11.2. The summed E-state index contributed by atoms with van der Waals surface area (Å²) in [6, 6.07) is 1.60. The minimum absolute atomic E-state index is 0.0553. The molecule has 2 heterocycles. The number of Topliss-reactive ketones (excluding diaryl/α,β-unsaturated/α-hetero) is 1. The number of nitrogens with one attached hydrogen (secondary N) is 2. The van der Waals surface area contributed by atoms with E-state index < -0.39 is 0 Å². The van der Waals surface area contributed by atoms with E-state index in [2.05, 4.69) is 15.5 Å². The van der Waals surface area contributed by atoms with Crippen LogP contribution in [0.4, 0.5) is 0 Å². The number of aromatic amines is 1. The Morgan fingerprint density at radius 1 is 1.47 bits per heavy atom. The molecule has 2 aromatic rings. The van der Waals surface area contributed by atoms with Crippen molar-refractivity contribution in [2.24, 2.45) is 7.05 Å². The third-order valence-electron chi connectivity index (χ3n) is 3.02. The van der Waals surface area contributed by atoms with Gasteiger partial charge in [-0.3, -0.25) is 14.7 Å². The highest BCUT2D eigenvalue weighted by atomic mass is 16.2. The molecule has 6 heteroatoms. The number of aryl methyl sites for hydroxylation is 2. The summed E-state index contributed by atoms with van der Waals surface area (Å²) in [6.07, 6.45) is 3.34. The molecule has 2 rings (SSSR count). The Balaban J connectivity index is 2.08. The monoisotopic (exact) mass is 260 g/mol. The van der Waals surface area contributed by atoms with Crippen LogP contribution in [0, 0.1) is 6.92 Å². The van der Waals surface area contributed by atoms with Gasteiger partial charge >= 0.3 is 0 Å². The smallest absolute Gasteiger partial charge is 0.268 e. The molecule has 0 radical (unpaired) electrons. The molecule has 0 aliphatic carbocycles. The van der Waals surface area contributed by atoms with Gasteiger partial charge in [-0.1, -0.05) is 0 Å². The van der Waals surface area contributed by atoms with Crippen molar-refractivity contribution in [2.75, 3.05) is 0 Å². The maximum absolute atomic E-state index is 12.0. The Bertz CT molecular complexity index is 624. The summed E-state index contributed by atoms with van der Waals surface area (Å²) in [6.45, 7) is 3.78. The maximum atomic E-state index is 12.0. The van der Waals surface area contributed by atoms with E-state index in [1.54, 1.807) is 30.1 Å². The van der Waals surface area contributed by atoms with Crippen LogP contribution in [0.15, 0.2) is 18.5 Å². The second-order valence-electron chi connectivity index (χ2n) is 4.48. The molecule has 0 unspecified atom stereocenters. The lowest BCUT2D eigenvalue weighted by Gasteiger charge is -2.05. The second kappa shape index (κ2) is 5.09. The molecule has 0 atom stereocenters. The van der Waals surface area contributed by atoms with E-state index in [0.717, 1.165) is 11.3 Å². The summed E-state index contributed by atoms with van der Waals surface area (Å²) < 4.78 is 1.65. The molecular formula is C13H16N4O2. The van der Waals surface area contributed by atoms with Crippen molar-refractivity contribution >= 4 is 11.7 Å². The molecule has 6 nitrogen and oxygen atoms in total. The highest BCUT2D eigenvalue weighted by Gasteiger charge is 2.13. The third kappa shape index (κ3) is 2.73. The Kier molecular flexibility index (Phi) is 3.50. The molecule has 0 spiro atoms. The molecule has 0 saturated heterocycles. The van der Waals surface area contributed by atoms with Crippen LogP contribution in [0.25, 0.3) is 0 Å².